The van der Waals surface area contributed by atoms with E-state index in [1.165, 1.54) is 16.4 Å². The van der Waals surface area contributed by atoms with Crippen LogP contribution in [0.25, 0.3) is 0 Å². The second-order valence-electron chi connectivity index (χ2n) is 6.53. The normalized spacial score (nSPS) is 10.8. The SMILES string of the molecule is CCN(c1ccccc1)S(=O)(=O)c1ccc(NC(=S)NC(=O)c2ccccc2OS)cc1. The molecule has 0 aliphatic rings. The number of hydrogen-bond donors (Lipinski definition) is 3. The third-order valence-corrected chi connectivity index (χ3v) is 6.81. The number of nitrogens with one attached hydrogen (secondary N) is 2. The summed E-state index contributed by atoms with van der Waals surface area (Å²) in [7, 11) is -3.73. The molecule has 0 radical (unpaired) electrons. The van der Waals surface area contributed by atoms with E-state index in [9.17, 15) is 13.2 Å². The number of benzene rings is 3. The van der Waals surface area contributed by atoms with E-state index in [0.717, 1.165) is 0 Å². The number of carbonyl (C=O) groups excluding carboxylic acids is 1. The Morgan fingerprint density at radius 1 is 1.00 bits per heavy atom. The van der Waals surface area contributed by atoms with Crippen LogP contribution < -0.4 is 19.1 Å². The van der Waals surface area contributed by atoms with Crippen molar-refractivity contribution in [3.05, 3.63) is 84.4 Å². The predicted molar refractivity (Wildman–Crippen MR) is 133 cm³/mol. The summed E-state index contributed by atoms with van der Waals surface area (Å²) >= 11 is 8.93. The van der Waals surface area contributed by atoms with Gasteiger partial charge >= 0.3 is 0 Å². The number of nitrogens with zero attached hydrogens (tertiary/aromatic N) is 1. The Kier molecular flexibility index (Phi) is 7.73. The van der Waals surface area contributed by atoms with Gasteiger partial charge < -0.3 is 9.50 Å². The molecule has 0 aromatic heterocycles. The van der Waals surface area contributed by atoms with Gasteiger partial charge in [0.2, 0.25) is 0 Å². The Bertz CT molecular complexity index is 1200. The van der Waals surface area contributed by atoms with Gasteiger partial charge in [-0.05, 0) is 67.7 Å². The topological polar surface area (TPSA) is 87.7 Å². The summed E-state index contributed by atoms with van der Waals surface area (Å²) in [5, 5.41) is 5.47. The maximum absolute atomic E-state index is 13.1. The first-order chi connectivity index (χ1) is 15.4. The Morgan fingerprint density at radius 3 is 2.25 bits per heavy atom. The maximum Gasteiger partial charge on any atom is 0.264 e. The van der Waals surface area contributed by atoms with E-state index in [2.05, 4.69) is 23.5 Å². The summed E-state index contributed by atoms with van der Waals surface area (Å²) in [5.41, 5.74) is 1.39. The zero-order chi connectivity index (χ0) is 23.1. The predicted octanol–water partition coefficient (Wildman–Crippen LogP) is 4.25. The average molecular weight is 488 g/mol. The van der Waals surface area contributed by atoms with Crippen LogP contribution in [-0.4, -0.2) is 26.0 Å². The van der Waals surface area contributed by atoms with Crippen molar-refractivity contribution < 1.29 is 17.4 Å². The van der Waals surface area contributed by atoms with Crippen LogP contribution in [-0.2, 0) is 10.0 Å². The zero-order valence-electron chi connectivity index (χ0n) is 17.1. The summed E-state index contributed by atoms with van der Waals surface area (Å²) < 4.78 is 32.3. The van der Waals surface area contributed by atoms with Crippen molar-refractivity contribution >= 4 is 57.5 Å². The fourth-order valence-corrected chi connectivity index (χ4v) is 4.83. The van der Waals surface area contributed by atoms with Gasteiger partial charge in [0.1, 0.15) is 5.75 Å². The van der Waals surface area contributed by atoms with Crippen LogP contribution in [0.5, 0.6) is 5.75 Å². The largest absolute Gasteiger partial charge is 0.428 e. The molecule has 32 heavy (non-hydrogen) atoms. The Balaban J connectivity index is 1.70. The smallest absolute Gasteiger partial charge is 0.264 e. The summed E-state index contributed by atoms with van der Waals surface area (Å²) in [6.45, 7) is 2.07. The number of hydrogen-bond acceptors (Lipinski definition) is 6. The highest BCUT2D eigenvalue weighted by atomic mass is 32.2. The average Bonchev–Trinajstić information content (AvgIpc) is 2.80. The second kappa shape index (κ2) is 10.5. The fraction of sp³-hybridized carbons (Fsp3) is 0.0909. The molecule has 0 aliphatic heterocycles. The molecule has 0 unspecified atom stereocenters. The highest BCUT2D eigenvalue weighted by Gasteiger charge is 2.23. The highest BCUT2D eigenvalue weighted by molar-refractivity contribution is 7.92. The lowest BCUT2D eigenvalue weighted by molar-refractivity contribution is 0.0976. The van der Waals surface area contributed by atoms with E-state index in [1.54, 1.807) is 67.6 Å². The van der Waals surface area contributed by atoms with Crippen molar-refractivity contribution in [3.8, 4) is 5.75 Å². The van der Waals surface area contributed by atoms with E-state index >= 15 is 0 Å². The summed E-state index contributed by atoms with van der Waals surface area (Å²) in [6, 6.07) is 21.6. The van der Waals surface area contributed by atoms with Crippen molar-refractivity contribution in [1.29, 1.82) is 0 Å². The molecule has 0 atom stereocenters. The second-order valence-corrected chi connectivity index (χ2v) is 8.98. The molecule has 0 aliphatic carbocycles. The van der Waals surface area contributed by atoms with Gasteiger partial charge in [0, 0.05) is 25.1 Å². The Morgan fingerprint density at radius 2 is 1.62 bits per heavy atom. The highest BCUT2D eigenvalue weighted by Crippen LogP contribution is 2.24. The van der Waals surface area contributed by atoms with Gasteiger partial charge in [-0.25, -0.2) is 8.42 Å². The molecule has 0 saturated carbocycles. The van der Waals surface area contributed by atoms with Crippen molar-refractivity contribution in [1.82, 2.24) is 5.32 Å². The molecule has 7 nitrogen and oxygen atoms in total. The zero-order valence-corrected chi connectivity index (χ0v) is 19.6. The summed E-state index contributed by atoms with van der Waals surface area (Å²) in [4.78, 5) is 12.6. The number of rotatable bonds is 7. The lowest BCUT2D eigenvalue weighted by Gasteiger charge is -2.23. The van der Waals surface area contributed by atoms with Gasteiger partial charge in [0.25, 0.3) is 15.9 Å². The maximum atomic E-state index is 13.1. The van der Waals surface area contributed by atoms with E-state index in [0.29, 0.717) is 23.7 Å². The Labute approximate surface area is 198 Å². The first kappa shape index (κ1) is 23.6. The molecule has 0 spiro atoms. The molecule has 3 aromatic rings. The molecule has 10 heteroatoms. The van der Waals surface area contributed by atoms with Crippen molar-refractivity contribution in [2.24, 2.45) is 0 Å². The number of thiocarbonyl (C=S) groups is 1. The number of amides is 1. The molecular formula is C22H21N3O4S3. The van der Waals surface area contributed by atoms with E-state index < -0.39 is 15.9 Å². The lowest BCUT2D eigenvalue weighted by atomic mass is 10.2. The van der Waals surface area contributed by atoms with Gasteiger partial charge in [-0.1, -0.05) is 30.3 Å². The van der Waals surface area contributed by atoms with Crippen molar-refractivity contribution in [2.75, 3.05) is 16.2 Å². The molecule has 3 aromatic carbocycles. The monoisotopic (exact) mass is 487 g/mol. The minimum absolute atomic E-state index is 0.0547. The van der Waals surface area contributed by atoms with E-state index in [1.807, 2.05) is 6.07 Å². The van der Waals surface area contributed by atoms with Gasteiger partial charge in [-0.15, -0.1) is 0 Å². The number of carbonyl (C=O) groups is 1. The summed E-state index contributed by atoms with van der Waals surface area (Å²) in [5.74, 6) is -0.169. The first-order valence-electron chi connectivity index (χ1n) is 9.57. The van der Waals surface area contributed by atoms with Crippen molar-refractivity contribution in [3.63, 3.8) is 0 Å². The third kappa shape index (κ3) is 5.39. The quantitative estimate of drug-likeness (QED) is 0.262. The minimum atomic E-state index is -3.73. The van der Waals surface area contributed by atoms with Crippen LogP contribution in [0, 0.1) is 0 Å². The number of thiol groups is 1. The fourth-order valence-electron chi connectivity index (χ4n) is 2.99. The number of anilines is 2. The van der Waals surface area contributed by atoms with E-state index in [-0.39, 0.29) is 15.6 Å². The van der Waals surface area contributed by atoms with Crippen LogP contribution in [0.4, 0.5) is 11.4 Å². The minimum Gasteiger partial charge on any atom is -0.428 e. The number of sulfonamides is 1. The van der Waals surface area contributed by atoms with Crippen LogP contribution in [0.1, 0.15) is 17.3 Å². The molecule has 166 valence electrons. The molecule has 2 N–H and O–H groups in total. The molecular weight excluding hydrogens is 466 g/mol. The third-order valence-electron chi connectivity index (χ3n) is 4.49. The molecule has 0 fully saturated rings. The summed E-state index contributed by atoms with van der Waals surface area (Å²) in [6.07, 6.45) is 0. The standard InChI is InChI=1S/C22H21N3O4S3/c1-2-25(17-8-4-3-5-9-17)32(27,28)18-14-12-16(13-15-18)23-22(30)24-21(26)19-10-6-7-11-20(19)29-31/h3-15,31H,2H2,1H3,(H2,23,24,26,30). The number of para-hydroxylation sites is 2. The molecule has 0 bridgehead atoms. The first-order valence-corrected chi connectivity index (χ1v) is 11.8. The lowest BCUT2D eigenvalue weighted by Crippen LogP contribution is -2.34. The molecule has 0 heterocycles. The molecule has 1 amide bonds. The van der Waals surface area contributed by atoms with Crippen LogP contribution in [0.2, 0.25) is 0 Å². The van der Waals surface area contributed by atoms with E-state index in [4.69, 9.17) is 16.4 Å². The Hall–Kier alpha value is -3.08. The van der Waals surface area contributed by atoms with Crippen LogP contribution in [0.15, 0.2) is 83.8 Å². The molecule has 3 rings (SSSR count). The van der Waals surface area contributed by atoms with Gasteiger partial charge in [-0.3, -0.25) is 14.4 Å². The van der Waals surface area contributed by atoms with Gasteiger partial charge in [0.05, 0.1) is 16.1 Å². The van der Waals surface area contributed by atoms with Crippen LogP contribution in [0.3, 0.4) is 0 Å². The van der Waals surface area contributed by atoms with Crippen LogP contribution >= 0.6 is 25.1 Å². The van der Waals surface area contributed by atoms with Gasteiger partial charge in [0.15, 0.2) is 5.11 Å². The molecule has 0 saturated heterocycles. The van der Waals surface area contributed by atoms with Crippen molar-refractivity contribution in [2.45, 2.75) is 11.8 Å². The van der Waals surface area contributed by atoms with Gasteiger partial charge in [-0.2, -0.15) is 0 Å².